The van der Waals surface area contributed by atoms with Crippen LogP contribution in [0.5, 0.6) is 0 Å². The largest absolute Gasteiger partial charge is 0.383 e. The topological polar surface area (TPSA) is 45.9 Å². The zero-order chi connectivity index (χ0) is 16.6. The van der Waals surface area contributed by atoms with E-state index < -0.39 is 0 Å². The summed E-state index contributed by atoms with van der Waals surface area (Å²) >= 11 is 1.68. The van der Waals surface area contributed by atoms with Crippen molar-refractivity contribution in [2.75, 3.05) is 44.8 Å². The van der Waals surface area contributed by atoms with E-state index in [0.29, 0.717) is 6.04 Å². The molecular weight excluding hydrogens is 310 g/mol. The zero-order valence-corrected chi connectivity index (χ0v) is 15.6. The Bertz CT molecular complexity index is 620. The van der Waals surface area contributed by atoms with Crippen LogP contribution in [0.2, 0.25) is 0 Å². The summed E-state index contributed by atoms with van der Waals surface area (Å²) in [6, 6.07) is 0.477. The first-order valence-corrected chi connectivity index (χ1v) is 9.05. The molecule has 6 nitrogen and oxygen atoms in total. The van der Waals surface area contributed by atoms with Crippen LogP contribution in [0.25, 0.3) is 4.96 Å². The first kappa shape index (κ1) is 16.7. The van der Waals surface area contributed by atoms with Crippen molar-refractivity contribution in [2.45, 2.75) is 39.2 Å². The molecule has 0 radical (unpaired) electrons. The van der Waals surface area contributed by atoms with Gasteiger partial charge >= 0.3 is 0 Å². The standard InChI is InChI=1S/C16H27N5OS/c1-12(11-22-5)19-6-8-20(9-7-19)15-18-21-10-13(16(2,3)4)17-14(21)23-15/h10,12H,6-9,11H2,1-5H3/t12-/m0/s1. The summed E-state index contributed by atoms with van der Waals surface area (Å²) in [6.45, 7) is 13.7. The number of aromatic nitrogens is 3. The molecule has 0 aromatic carbocycles. The third kappa shape index (κ3) is 3.51. The Morgan fingerprint density at radius 3 is 2.52 bits per heavy atom. The first-order valence-electron chi connectivity index (χ1n) is 8.23. The molecule has 1 fully saturated rings. The van der Waals surface area contributed by atoms with Gasteiger partial charge in [0, 0.05) is 44.7 Å². The second-order valence-electron chi connectivity index (χ2n) is 7.32. The van der Waals surface area contributed by atoms with Gasteiger partial charge in [-0.1, -0.05) is 32.1 Å². The Hall–Kier alpha value is -1.18. The summed E-state index contributed by atoms with van der Waals surface area (Å²) < 4.78 is 7.19. The van der Waals surface area contributed by atoms with Crippen LogP contribution >= 0.6 is 11.3 Å². The molecule has 2 aromatic rings. The molecule has 128 valence electrons. The van der Waals surface area contributed by atoms with Gasteiger partial charge in [0.05, 0.1) is 18.5 Å². The second kappa shape index (κ2) is 6.37. The molecule has 0 bridgehead atoms. The average molecular weight is 337 g/mol. The number of imidazole rings is 1. The number of hydrogen-bond acceptors (Lipinski definition) is 6. The second-order valence-corrected chi connectivity index (χ2v) is 8.25. The fourth-order valence-electron chi connectivity index (χ4n) is 2.88. The van der Waals surface area contributed by atoms with Crippen LogP contribution in [-0.4, -0.2) is 65.4 Å². The molecule has 1 saturated heterocycles. The molecule has 1 aliphatic rings. The summed E-state index contributed by atoms with van der Waals surface area (Å²) in [5.41, 5.74) is 1.16. The maximum atomic E-state index is 5.26. The highest BCUT2D eigenvalue weighted by Gasteiger charge is 2.24. The molecule has 1 aliphatic heterocycles. The molecular formula is C16H27N5OS. The van der Waals surface area contributed by atoms with Crippen molar-refractivity contribution < 1.29 is 4.74 Å². The summed E-state index contributed by atoms with van der Waals surface area (Å²) in [6.07, 6.45) is 2.06. The average Bonchev–Trinajstić information content (AvgIpc) is 3.05. The molecule has 0 unspecified atom stereocenters. The number of rotatable bonds is 4. The molecule has 0 aliphatic carbocycles. The lowest BCUT2D eigenvalue weighted by Gasteiger charge is -2.37. The van der Waals surface area contributed by atoms with Gasteiger partial charge < -0.3 is 9.64 Å². The van der Waals surface area contributed by atoms with Crippen molar-refractivity contribution in [3.05, 3.63) is 11.9 Å². The van der Waals surface area contributed by atoms with E-state index in [9.17, 15) is 0 Å². The molecule has 7 heteroatoms. The minimum Gasteiger partial charge on any atom is -0.383 e. The van der Waals surface area contributed by atoms with Crippen molar-refractivity contribution >= 4 is 21.4 Å². The van der Waals surface area contributed by atoms with E-state index in [0.717, 1.165) is 48.6 Å². The number of piperazine rings is 1. The molecule has 0 N–H and O–H groups in total. The lowest BCUT2D eigenvalue weighted by molar-refractivity contribution is 0.0953. The Balaban J connectivity index is 1.67. The van der Waals surface area contributed by atoms with E-state index >= 15 is 0 Å². The minimum atomic E-state index is 0.0662. The van der Waals surface area contributed by atoms with E-state index in [-0.39, 0.29) is 5.41 Å². The van der Waals surface area contributed by atoms with Gasteiger partial charge in [-0.2, -0.15) is 0 Å². The van der Waals surface area contributed by atoms with Crippen LogP contribution in [0, 0.1) is 0 Å². The van der Waals surface area contributed by atoms with Crippen molar-refractivity contribution in [2.24, 2.45) is 0 Å². The maximum absolute atomic E-state index is 5.26. The smallest absolute Gasteiger partial charge is 0.214 e. The van der Waals surface area contributed by atoms with Crippen LogP contribution in [0.4, 0.5) is 5.13 Å². The van der Waals surface area contributed by atoms with Gasteiger partial charge in [0.2, 0.25) is 10.1 Å². The molecule has 3 rings (SSSR count). The lowest BCUT2D eigenvalue weighted by atomic mass is 9.93. The molecule has 2 aromatic heterocycles. The van der Waals surface area contributed by atoms with Crippen LogP contribution in [0.3, 0.4) is 0 Å². The quantitative estimate of drug-likeness (QED) is 0.856. The van der Waals surface area contributed by atoms with E-state index in [1.807, 2.05) is 4.52 Å². The van der Waals surface area contributed by atoms with Gasteiger partial charge in [0.1, 0.15) is 0 Å². The van der Waals surface area contributed by atoms with Crippen LogP contribution in [0.1, 0.15) is 33.4 Å². The third-order valence-electron chi connectivity index (χ3n) is 4.42. The van der Waals surface area contributed by atoms with E-state index in [4.69, 9.17) is 14.8 Å². The Kier molecular flexibility index (Phi) is 4.62. The van der Waals surface area contributed by atoms with Gasteiger partial charge in [-0.25, -0.2) is 9.50 Å². The highest BCUT2D eigenvalue weighted by atomic mass is 32.1. The van der Waals surface area contributed by atoms with Gasteiger partial charge in [0.25, 0.3) is 0 Å². The third-order valence-corrected chi connectivity index (χ3v) is 5.40. The highest BCUT2D eigenvalue weighted by Crippen LogP contribution is 2.28. The Labute approximate surface area is 142 Å². The van der Waals surface area contributed by atoms with E-state index in [1.165, 1.54) is 0 Å². The summed E-state index contributed by atoms with van der Waals surface area (Å²) in [5, 5.41) is 5.81. The Morgan fingerprint density at radius 1 is 1.26 bits per heavy atom. The van der Waals surface area contributed by atoms with Crippen molar-refractivity contribution in [1.82, 2.24) is 19.5 Å². The van der Waals surface area contributed by atoms with Gasteiger partial charge in [-0.15, -0.1) is 5.10 Å². The van der Waals surface area contributed by atoms with Crippen LogP contribution in [-0.2, 0) is 10.2 Å². The summed E-state index contributed by atoms with van der Waals surface area (Å²) in [5.74, 6) is 0. The van der Waals surface area contributed by atoms with E-state index in [1.54, 1.807) is 18.4 Å². The SMILES string of the molecule is COC[C@H](C)N1CCN(c2nn3cc(C(C)(C)C)nc3s2)CC1. The Morgan fingerprint density at radius 2 is 1.96 bits per heavy atom. The lowest BCUT2D eigenvalue weighted by Crippen LogP contribution is -2.50. The first-order chi connectivity index (χ1) is 10.9. The monoisotopic (exact) mass is 337 g/mol. The number of nitrogens with zero attached hydrogens (tertiary/aromatic N) is 5. The molecule has 3 heterocycles. The summed E-state index contributed by atoms with van der Waals surface area (Å²) in [7, 11) is 1.77. The fraction of sp³-hybridized carbons (Fsp3) is 0.750. The number of methoxy groups -OCH3 is 1. The molecule has 0 spiro atoms. The normalized spacial score (nSPS) is 18.7. The van der Waals surface area contributed by atoms with Crippen molar-refractivity contribution in [1.29, 1.82) is 0 Å². The van der Waals surface area contributed by atoms with Gasteiger partial charge in [-0.3, -0.25) is 4.90 Å². The van der Waals surface area contributed by atoms with Crippen molar-refractivity contribution in [3.63, 3.8) is 0 Å². The minimum absolute atomic E-state index is 0.0662. The maximum Gasteiger partial charge on any atom is 0.214 e. The predicted molar refractivity (Wildman–Crippen MR) is 94.7 cm³/mol. The predicted octanol–water partition coefficient (Wildman–Crippen LogP) is 2.25. The summed E-state index contributed by atoms with van der Waals surface area (Å²) in [4.78, 5) is 10.6. The molecule has 0 saturated carbocycles. The fourth-order valence-corrected chi connectivity index (χ4v) is 3.81. The number of fused-ring (bicyclic) bond motifs is 1. The molecule has 0 amide bonds. The van der Waals surface area contributed by atoms with E-state index in [2.05, 4.69) is 43.7 Å². The highest BCUT2D eigenvalue weighted by molar-refractivity contribution is 7.20. The zero-order valence-electron chi connectivity index (χ0n) is 14.7. The number of ether oxygens (including phenoxy) is 1. The van der Waals surface area contributed by atoms with Crippen LogP contribution in [0.15, 0.2) is 6.20 Å². The van der Waals surface area contributed by atoms with Gasteiger partial charge in [-0.05, 0) is 6.92 Å². The van der Waals surface area contributed by atoms with Crippen LogP contribution < -0.4 is 4.90 Å². The number of anilines is 1. The van der Waals surface area contributed by atoms with Crippen molar-refractivity contribution in [3.8, 4) is 0 Å². The van der Waals surface area contributed by atoms with Gasteiger partial charge in [0.15, 0.2) is 0 Å². The molecule has 23 heavy (non-hydrogen) atoms. The number of hydrogen-bond donors (Lipinski definition) is 0. The molecule has 1 atom stereocenters.